The Morgan fingerprint density at radius 1 is 0.412 bits per heavy atom. The summed E-state index contributed by atoms with van der Waals surface area (Å²) in [5.74, 6) is 0. The molecule has 7 heteroatoms. The molecule has 0 fully saturated rings. The van der Waals surface area contributed by atoms with Crippen LogP contribution in [0.1, 0.15) is 22.8 Å². The van der Waals surface area contributed by atoms with Gasteiger partial charge in [-0.2, -0.15) is 0 Å². The smallest absolute Gasteiger partial charge is 0.169 e. The van der Waals surface area contributed by atoms with Gasteiger partial charge < -0.3 is 4.98 Å². The second kappa shape index (κ2) is 12.5. The molecule has 2 aliphatic heterocycles. The molecule has 1 N–H and O–H groups in total. The number of fused-ring (bicyclic) bond motifs is 8. The molecule has 6 nitrogen and oxygen atoms in total. The highest BCUT2D eigenvalue weighted by Gasteiger charge is 2.19. The van der Waals surface area contributed by atoms with Gasteiger partial charge in [-0.15, -0.1) is 11.3 Å². The van der Waals surface area contributed by atoms with E-state index in [9.17, 15) is 0 Å². The van der Waals surface area contributed by atoms with Crippen LogP contribution in [0.3, 0.4) is 0 Å². The SMILES string of the molecule is C[n+]1ccc(-c2c3nc(c(-c4ccccc4)c4ccc(s4)c(-c4cc[n+](C)cc4)c4nc(c(-c5cc[n+](C)cc5)c5ccc2[nH]5)C=C4)C=C3)cc1. The first kappa shape index (κ1) is 30.7. The van der Waals surface area contributed by atoms with E-state index in [2.05, 4.69) is 171 Å². The maximum atomic E-state index is 5.41. The van der Waals surface area contributed by atoms with Crippen LogP contribution in [-0.4, -0.2) is 15.0 Å². The summed E-state index contributed by atoms with van der Waals surface area (Å²) in [5, 5.41) is 0. The number of nitrogens with one attached hydrogen (secondary N) is 1. The summed E-state index contributed by atoms with van der Waals surface area (Å²) in [4.78, 5) is 14.6. The van der Waals surface area contributed by atoms with Gasteiger partial charge in [0.15, 0.2) is 37.2 Å². The fourth-order valence-corrected chi connectivity index (χ4v) is 8.06. The number of aromatic nitrogens is 6. The van der Waals surface area contributed by atoms with Crippen LogP contribution >= 0.6 is 11.3 Å². The molecule has 0 unspecified atom stereocenters. The topological polar surface area (TPSA) is 53.2 Å². The van der Waals surface area contributed by atoms with Gasteiger partial charge >= 0.3 is 0 Å². The van der Waals surface area contributed by atoms with Crippen molar-refractivity contribution in [1.82, 2.24) is 15.0 Å². The van der Waals surface area contributed by atoms with Gasteiger partial charge in [0.25, 0.3) is 0 Å². The minimum absolute atomic E-state index is 0.911. The number of benzene rings is 1. The predicted octanol–water partition coefficient (Wildman–Crippen LogP) is 8.53. The Bertz CT molecular complexity index is 2640. The molecule has 8 heterocycles. The average Bonchev–Trinajstić information content (AvgIpc) is 3.99. The highest BCUT2D eigenvalue weighted by atomic mass is 32.1. The zero-order valence-electron chi connectivity index (χ0n) is 28.6. The molecule has 6 aromatic heterocycles. The standard InChI is InChI=1S/C44H34N6S/c1-48-23-17-30(18-24-48)41-33-9-10-34(45-33)42(31-19-25-49(2)26-20-31)36-12-14-38(47-36)44(32-21-27-50(3)28-22-32)40-16-15-39(51-40)43(29-7-5-4-6-8-29)37-13-11-35(41)46-37/h4-28H,1-3H3/q+2/p+1. The Morgan fingerprint density at radius 3 is 1.18 bits per heavy atom. The van der Waals surface area contributed by atoms with Crippen molar-refractivity contribution in [2.45, 2.75) is 0 Å². The van der Waals surface area contributed by atoms with Crippen molar-refractivity contribution < 1.29 is 13.7 Å². The van der Waals surface area contributed by atoms with Crippen LogP contribution in [0.2, 0.25) is 0 Å². The van der Waals surface area contributed by atoms with E-state index in [0.29, 0.717) is 0 Å². The molecule has 51 heavy (non-hydrogen) atoms. The van der Waals surface area contributed by atoms with E-state index in [-0.39, 0.29) is 0 Å². The third-order valence-corrected chi connectivity index (χ3v) is 10.6. The fraction of sp³-hybridized carbons (Fsp3) is 0.0682. The van der Waals surface area contributed by atoms with Crippen molar-refractivity contribution in [3.63, 3.8) is 0 Å². The lowest BCUT2D eigenvalue weighted by Crippen LogP contribution is -2.25. The van der Waals surface area contributed by atoms with Crippen molar-refractivity contribution in [1.29, 1.82) is 0 Å². The van der Waals surface area contributed by atoms with Crippen molar-refractivity contribution >= 4 is 56.1 Å². The molecule has 0 spiro atoms. The van der Waals surface area contributed by atoms with Crippen LogP contribution in [0, 0.1) is 0 Å². The minimum atomic E-state index is 0.911. The van der Waals surface area contributed by atoms with Gasteiger partial charge in [-0.25, -0.2) is 23.7 Å². The van der Waals surface area contributed by atoms with Crippen LogP contribution in [-0.2, 0) is 21.1 Å². The van der Waals surface area contributed by atoms with Crippen molar-refractivity contribution in [3.05, 3.63) is 151 Å². The number of aromatic amines is 1. The second-order valence-electron chi connectivity index (χ2n) is 13.0. The van der Waals surface area contributed by atoms with E-state index in [0.717, 1.165) is 87.7 Å². The largest absolute Gasteiger partial charge is 0.354 e. The Hall–Kier alpha value is -6.31. The summed E-state index contributed by atoms with van der Waals surface area (Å²) in [6.07, 6.45) is 21.2. The van der Waals surface area contributed by atoms with Crippen LogP contribution in [0.5, 0.6) is 0 Å². The maximum Gasteiger partial charge on any atom is 0.169 e. The second-order valence-corrected chi connectivity index (χ2v) is 14.1. The lowest BCUT2D eigenvalue weighted by atomic mass is 10.0. The van der Waals surface area contributed by atoms with Crippen LogP contribution < -0.4 is 13.7 Å². The highest BCUT2D eigenvalue weighted by Crippen LogP contribution is 2.40. The monoisotopic (exact) mass is 679 g/mol. The normalized spacial score (nSPS) is 12.1. The molecule has 244 valence electrons. The van der Waals surface area contributed by atoms with E-state index < -0.39 is 0 Å². The van der Waals surface area contributed by atoms with Crippen LogP contribution in [0.4, 0.5) is 0 Å². The van der Waals surface area contributed by atoms with Gasteiger partial charge in [-0.3, -0.25) is 0 Å². The molecule has 9 rings (SSSR count). The van der Waals surface area contributed by atoms with E-state index in [1.165, 1.54) is 0 Å². The van der Waals surface area contributed by atoms with E-state index in [1.807, 2.05) is 21.1 Å². The Kier molecular flexibility index (Phi) is 7.55. The first-order valence-electron chi connectivity index (χ1n) is 17.0. The molecule has 0 radical (unpaired) electrons. The maximum absolute atomic E-state index is 5.41. The van der Waals surface area contributed by atoms with Gasteiger partial charge in [0, 0.05) is 79.1 Å². The first-order valence-corrected chi connectivity index (χ1v) is 17.8. The molecule has 7 aromatic rings. The first-order chi connectivity index (χ1) is 25.0. The van der Waals surface area contributed by atoms with E-state index in [1.54, 1.807) is 11.3 Å². The Morgan fingerprint density at radius 2 is 0.765 bits per heavy atom. The molecular formula is C44H35N6S+3. The van der Waals surface area contributed by atoms with Gasteiger partial charge in [0.1, 0.15) is 21.1 Å². The van der Waals surface area contributed by atoms with Crippen LogP contribution in [0.25, 0.3) is 89.2 Å². The molecule has 0 amide bonds. The Balaban J connectivity index is 1.47. The van der Waals surface area contributed by atoms with Gasteiger partial charge in [0.05, 0.1) is 22.8 Å². The van der Waals surface area contributed by atoms with E-state index >= 15 is 0 Å². The number of hydrogen-bond acceptors (Lipinski definition) is 3. The molecular weight excluding hydrogens is 645 g/mol. The molecule has 0 aliphatic carbocycles. The molecule has 8 bridgehead atoms. The van der Waals surface area contributed by atoms with Gasteiger partial charge in [-0.05, 0) is 70.8 Å². The number of thiophene rings is 1. The quantitative estimate of drug-likeness (QED) is 0.190. The molecule has 2 aliphatic rings. The summed E-state index contributed by atoms with van der Waals surface area (Å²) in [6.45, 7) is 0. The predicted molar refractivity (Wildman–Crippen MR) is 208 cm³/mol. The summed E-state index contributed by atoms with van der Waals surface area (Å²) >= 11 is 1.78. The highest BCUT2D eigenvalue weighted by molar-refractivity contribution is 7.24. The van der Waals surface area contributed by atoms with Crippen molar-refractivity contribution in [2.24, 2.45) is 21.1 Å². The van der Waals surface area contributed by atoms with Crippen molar-refractivity contribution in [3.8, 4) is 44.5 Å². The molecule has 0 atom stereocenters. The Labute approximate surface area is 300 Å². The number of hydrogen-bond donors (Lipinski definition) is 1. The number of nitrogens with zero attached hydrogens (tertiary/aromatic N) is 5. The molecule has 0 saturated heterocycles. The number of H-pyrrole nitrogens is 1. The number of aryl methyl sites for hydroxylation is 3. The average molecular weight is 680 g/mol. The zero-order valence-corrected chi connectivity index (χ0v) is 29.4. The fourth-order valence-electron chi connectivity index (χ4n) is 6.90. The zero-order chi connectivity index (χ0) is 34.5. The summed E-state index contributed by atoms with van der Waals surface area (Å²) in [6, 6.07) is 32.4. The number of rotatable bonds is 4. The van der Waals surface area contributed by atoms with E-state index in [4.69, 9.17) is 9.97 Å². The molecule has 0 saturated carbocycles. The summed E-state index contributed by atoms with van der Waals surface area (Å²) < 4.78 is 8.47. The number of pyridine rings is 3. The summed E-state index contributed by atoms with van der Waals surface area (Å²) in [5.41, 5.74) is 14.4. The van der Waals surface area contributed by atoms with Crippen molar-refractivity contribution in [2.75, 3.05) is 0 Å². The van der Waals surface area contributed by atoms with Gasteiger partial charge in [-0.1, -0.05) is 30.3 Å². The molecule has 1 aromatic carbocycles. The third kappa shape index (κ3) is 5.67. The lowest BCUT2D eigenvalue weighted by molar-refractivity contribution is -0.671. The minimum Gasteiger partial charge on any atom is -0.354 e. The summed E-state index contributed by atoms with van der Waals surface area (Å²) in [7, 11) is 6.13. The van der Waals surface area contributed by atoms with Crippen LogP contribution in [0.15, 0.2) is 128 Å². The van der Waals surface area contributed by atoms with Gasteiger partial charge in [0.2, 0.25) is 0 Å². The third-order valence-electron chi connectivity index (χ3n) is 9.49. The lowest BCUT2D eigenvalue weighted by Gasteiger charge is -2.06.